The summed E-state index contributed by atoms with van der Waals surface area (Å²) in [7, 11) is 0. The van der Waals surface area contributed by atoms with Crippen molar-refractivity contribution >= 4 is 16.8 Å². The fraction of sp³-hybridized carbons (Fsp3) is 0.438. The fourth-order valence-electron chi connectivity index (χ4n) is 2.87. The second kappa shape index (κ2) is 4.82. The van der Waals surface area contributed by atoms with Gasteiger partial charge in [0.05, 0.1) is 0 Å². The van der Waals surface area contributed by atoms with Gasteiger partial charge in [0.25, 0.3) is 0 Å². The number of furan rings is 1. The van der Waals surface area contributed by atoms with Crippen molar-refractivity contribution < 1.29 is 9.21 Å². The Labute approximate surface area is 112 Å². The van der Waals surface area contributed by atoms with E-state index in [4.69, 9.17) is 10.2 Å². The predicted molar refractivity (Wildman–Crippen MR) is 75.2 cm³/mol. The third-order valence-electron chi connectivity index (χ3n) is 4.06. The van der Waals surface area contributed by atoms with Crippen LogP contribution in [-0.2, 0) is 0 Å². The van der Waals surface area contributed by atoms with Gasteiger partial charge in [-0.25, -0.2) is 0 Å². The van der Waals surface area contributed by atoms with Crippen molar-refractivity contribution in [3.63, 3.8) is 0 Å². The molecule has 0 spiro atoms. The van der Waals surface area contributed by atoms with Crippen molar-refractivity contribution in [2.24, 2.45) is 11.7 Å². The molecule has 1 saturated carbocycles. The number of nitrogens with two attached hydrogens (primary N) is 1. The number of aryl methyl sites for hydroxylation is 1. The van der Waals surface area contributed by atoms with Gasteiger partial charge >= 0.3 is 0 Å². The Kier molecular flexibility index (Phi) is 3.15. The molecule has 0 radical (unpaired) electrons. The van der Waals surface area contributed by atoms with E-state index < -0.39 is 0 Å². The van der Waals surface area contributed by atoms with Crippen molar-refractivity contribution in [3.05, 3.63) is 35.6 Å². The molecule has 100 valence electrons. The molecule has 1 fully saturated rings. The van der Waals surface area contributed by atoms with Crippen LogP contribution in [0.15, 0.2) is 28.7 Å². The molecule has 0 aliphatic heterocycles. The van der Waals surface area contributed by atoms with Gasteiger partial charge in [-0.3, -0.25) is 4.79 Å². The van der Waals surface area contributed by atoms with Gasteiger partial charge in [0.1, 0.15) is 5.58 Å². The van der Waals surface area contributed by atoms with Gasteiger partial charge in [-0.05, 0) is 50.8 Å². The Balaban J connectivity index is 1.85. The van der Waals surface area contributed by atoms with E-state index in [9.17, 15) is 4.79 Å². The highest BCUT2D eigenvalue weighted by Gasteiger charge is 2.27. The maximum Gasteiger partial charge on any atom is 0.201 e. The van der Waals surface area contributed by atoms with Crippen LogP contribution in [0.4, 0.5) is 0 Å². The minimum absolute atomic E-state index is 0.0847. The van der Waals surface area contributed by atoms with E-state index in [1.165, 1.54) is 5.56 Å². The Morgan fingerprint density at radius 1 is 1.21 bits per heavy atom. The van der Waals surface area contributed by atoms with Gasteiger partial charge in [-0.15, -0.1) is 0 Å². The Morgan fingerprint density at radius 3 is 2.68 bits per heavy atom. The number of ketones is 1. The van der Waals surface area contributed by atoms with Crippen molar-refractivity contribution in [1.29, 1.82) is 0 Å². The summed E-state index contributed by atoms with van der Waals surface area (Å²) in [5.74, 6) is 0.725. The summed E-state index contributed by atoms with van der Waals surface area (Å²) in [5, 5.41) is 1.01. The maximum atomic E-state index is 12.4. The van der Waals surface area contributed by atoms with Crippen molar-refractivity contribution in [1.82, 2.24) is 0 Å². The molecule has 1 aliphatic rings. The summed E-state index contributed by atoms with van der Waals surface area (Å²) in [4.78, 5) is 12.4. The minimum Gasteiger partial charge on any atom is -0.453 e. The molecular weight excluding hydrogens is 238 g/mol. The minimum atomic E-state index is 0.0847. The molecule has 1 aromatic heterocycles. The number of hydrogen-bond donors (Lipinski definition) is 1. The van der Waals surface area contributed by atoms with E-state index in [1.807, 2.05) is 31.2 Å². The lowest BCUT2D eigenvalue weighted by Gasteiger charge is -2.24. The third kappa shape index (κ3) is 2.43. The molecule has 1 aromatic carbocycles. The van der Waals surface area contributed by atoms with Crippen molar-refractivity contribution in [2.75, 3.05) is 0 Å². The lowest BCUT2D eigenvalue weighted by atomic mass is 9.83. The highest BCUT2D eigenvalue weighted by molar-refractivity contribution is 5.99. The standard InChI is InChI=1S/C16H19NO2/c1-10-2-7-14-12(8-10)9-15(19-14)16(18)11-3-5-13(17)6-4-11/h2,7-9,11,13H,3-6,17H2,1H3. The van der Waals surface area contributed by atoms with Crippen LogP contribution >= 0.6 is 0 Å². The van der Waals surface area contributed by atoms with Crippen LogP contribution in [0.25, 0.3) is 11.0 Å². The molecule has 0 amide bonds. The molecule has 1 heterocycles. The smallest absolute Gasteiger partial charge is 0.201 e. The summed E-state index contributed by atoms with van der Waals surface area (Å²) in [6, 6.07) is 8.12. The molecule has 0 bridgehead atoms. The molecule has 3 rings (SSSR count). The monoisotopic (exact) mass is 257 g/mol. The van der Waals surface area contributed by atoms with Gasteiger partial charge < -0.3 is 10.2 Å². The zero-order valence-corrected chi connectivity index (χ0v) is 11.2. The number of hydrogen-bond acceptors (Lipinski definition) is 3. The number of carbonyl (C=O) groups is 1. The van der Waals surface area contributed by atoms with Crippen LogP contribution in [-0.4, -0.2) is 11.8 Å². The lowest BCUT2D eigenvalue weighted by molar-refractivity contribution is 0.0858. The van der Waals surface area contributed by atoms with E-state index in [0.29, 0.717) is 5.76 Å². The number of fused-ring (bicyclic) bond motifs is 1. The van der Waals surface area contributed by atoms with E-state index in [0.717, 1.165) is 36.7 Å². The normalized spacial score (nSPS) is 23.7. The van der Waals surface area contributed by atoms with Gasteiger partial charge in [0.15, 0.2) is 5.76 Å². The predicted octanol–water partition coefficient (Wildman–Crippen LogP) is 3.44. The van der Waals surface area contributed by atoms with E-state index in [-0.39, 0.29) is 17.7 Å². The molecule has 19 heavy (non-hydrogen) atoms. The number of benzene rings is 1. The first-order chi connectivity index (χ1) is 9.13. The molecule has 0 atom stereocenters. The van der Waals surface area contributed by atoms with E-state index in [2.05, 4.69) is 0 Å². The molecule has 2 aromatic rings. The third-order valence-corrected chi connectivity index (χ3v) is 4.06. The first-order valence-electron chi connectivity index (χ1n) is 6.93. The Hall–Kier alpha value is -1.61. The van der Waals surface area contributed by atoms with Gasteiger partial charge in [-0.1, -0.05) is 11.6 Å². The molecule has 2 N–H and O–H groups in total. The van der Waals surface area contributed by atoms with Gasteiger partial charge in [0.2, 0.25) is 5.78 Å². The number of carbonyl (C=O) groups excluding carboxylic acids is 1. The fourth-order valence-corrected chi connectivity index (χ4v) is 2.87. The van der Waals surface area contributed by atoms with Crippen LogP contribution in [0.3, 0.4) is 0 Å². The number of rotatable bonds is 2. The van der Waals surface area contributed by atoms with Crippen LogP contribution in [0.2, 0.25) is 0 Å². The van der Waals surface area contributed by atoms with Crippen LogP contribution in [0, 0.1) is 12.8 Å². The molecule has 3 heteroatoms. The summed E-state index contributed by atoms with van der Waals surface area (Å²) in [6.07, 6.45) is 3.65. The highest BCUT2D eigenvalue weighted by Crippen LogP contribution is 2.29. The first-order valence-corrected chi connectivity index (χ1v) is 6.93. The van der Waals surface area contributed by atoms with E-state index >= 15 is 0 Å². The molecule has 0 unspecified atom stereocenters. The zero-order valence-electron chi connectivity index (χ0n) is 11.2. The quantitative estimate of drug-likeness (QED) is 0.838. The van der Waals surface area contributed by atoms with Crippen LogP contribution < -0.4 is 5.73 Å². The Bertz CT molecular complexity index is 606. The van der Waals surface area contributed by atoms with E-state index in [1.54, 1.807) is 0 Å². The first kappa shape index (κ1) is 12.4. The van der Waals surface area contributed by atoms with Gasteiger partial charge in [-0.2, -0.15) is 0 Å². The largest absolute Gasteiger partial charge is 0.453 e. The van der Waals surface area contributed by atoms with Crippen LogP contribution in [0.1, 0.15) is 41.8 Å². The molecular formula is C16H19NO2. The average Bonchev–Trinajstić information content (AvgIpc) is 2.81. The van der Waals surface area contributed by atoms with Gasteiger partial charge in [0, 0.05) is 17.3 Å². The summed E-state index contributed by atoms with van der Waals surface area (Å²) >= 11 is 0. The summed E-state index contributed by atoms with van der Waals surface area (Å²) < 4.78 is 5.68. The zero-order chi connectivity index (χ0) is 13.4. The maximum absolute atomic E-state index is 12.4. The second-order valence-electron chi connectivity index (χ2n) is 5.63. The second-order valence-corrected chi connectivity index (χ2v) is 5.63. The summed E-state index contributed by atoms with van der Waals surface area (Å²) in [6.45, 7) is 2.04. The molecule has 3 nitrogen and oxygen atoms in total. The number of Topliss-reactive ketones (excluding diaryl/α,β-unsaturated/α-hetero) is 1. The topological polar surface area (TPSA) is 56.2 Å². The average molecular weight is 257 g/mol. The van der Waals surface area contributed by atoms with Crippen molar-refractivity contribution in [3.8, 4) is 0 Å². The van der Waals surface area contributed by atoms with Crippen LogP contribution in [0.5, 0.6) is 0 Å². The SMILES string of the molecule is Cc1ccc2oc(C(=O)C3CCC(N)CC3)cc2c1. The Morgan fingerprint density at radius 2 is 1.95 bits per heavy atom. The lowest BCUT2D eigenvalue weighted by Crippen LogP contribution is -2.29. The summed E-state index contributed by atoms with van der Waals surface area (Å²) in [5.41, 5.74) is 7.85. The molecule has 0 saturated heterocycles. The highest BCUT2D eigenvalue weighted by atomic mass is 16.3. The van der Waals surface area contributed by atoms with Crippen molar-refractivity contribution in [2.45, 2.75) is 38.6 Å². The molecule has 1 aliphatic carbocycles.